The highest BCUT2D eigenvalue weighted by atomic mass is 32.1. The van der Waals surface area contributed by atoms with Crippen LogP contribution in [0.1, 0.15) is 52.9 Å². The first-order valence-electron chi connectivity index (χ1n) is 5.96. The van der Waals surface area contributed by atoms with Gasteiger partial charge >= 0.3 is 0 Å². The predicted molar refractivity (Wildman–Crippen MR) is 70.2 cm³/mol. The van der Waals surface area contributed by atoms with E-state index in [1.807, 2.05) is 13.8 Å². The Morgan fingerprint density at radius 3 is 2.31 bits per heavy atom. The van der Waals surface area contributed by atoms with E-state index in [0.29, 0.717) is 4.99 Å². The number of nitrogens with two attached hydrogens (primary N) is 1. The number of thiocarbonyl (C=S) groups is 1. The molecule has 1 rings (SSSR count). The van der Waals surface area contributed by atoms with Crippen molar-refractivity contribution in [3.05, 3.63) is 0 Å². The summed E-state index contributed by atoms with van der Waals surface area (Å²) in [5.74, 6) is 0.0179. The van der Waals surface area contributed by atoms with Gasteiger partial charge in [0.2, 0.25) is 5.91 Å². The van der Waals surface area contributed by atoms with Crippen molar-refractivity contribution in [3.63, 3.8) is 0 Å². The highest BCUT2D eigenvalue weighted by Gasteiger charge is 2.45. The lowest BCUT2D eigenvalue weighted by Gasteiger charge is -2.32. The van der Waals surface area contributed by atoms with E-state index in [1.54, 1.807) is 0 Å². The molecule has 1 fully saturated rings. The van der Waals surface area contributed by atoms with E-state index < -0.39 is 5.41 Å². The molecule has 92 valence electrons. The average Bonchev–Trinajstić information content (AvgIpc) is 2.66. The highest BCUT2D eigenvalue weighted by Crippen LogP contribution is 2.39. The van der Waals surface area contributed by atoms with E-state index in [-0.39, 0.29) is 11.4 Å². The van der Waals surface area contributed by atoms with Crippen LogP contribution < -0.4 is 11.1 Å². The number of rotatable bonds is 4. The number of hydrogen-bond acceptors (Lipinski definition) is 2. The lowest BCUT2D eigenvalue weighted by Crippen LogP contribution is -2.53. The van der Waals surface area contributed by atoms with Crippen LogP contribution in [0.2, 0.25) is 0 Å². The summed E-state index contributed by atoms with van der Waals surface area (Å²) in [6, 6.07) is 0. The minimum Gasteiger partial charge on any atom is -0.392 e. The van der Waals surface area contributed by atoms with E-state index in [0.717, 1.165) is 32.1 Å². The van der Waals surface area contributed by atoms with Crippen LogP contribution in [0, 0.1) is 5.41 Å². The zero-order chi connectivity index (χ0) is 12.4. The normalized spacial score (nSPS) is 19.4. The number of hydrogen-bond donors (Lipinski definition) is 2. The number of amides is 1. The maximum Gasteiger partial charge on any atom is 0.233 e. The molecule has 0 aromatic heterocycles. The van der Waals surface area contributed by atoms with Crippen LogP contribution in [0.5, 0.6) is 0 Å². The largest absolute Gasteiger partial charge is 0.392 e. The molecule has 1 aliphatic carbocycles. The van der Waals surface area contributed by atoms with Gasteiger partial charge in [0.15, 0.2) is 0 Å². The molecule has 0 heterocycles. The first kappa shape index (κ1) is 13.4. The molecule has 1 amide bonds. The number of carbonyl (C=O) groups excluding carboxylic acids is 1. The van der Waals surface area contributed by atoms with Crippen molar-refractivity contribution in [2.45, 2.75) is 58.4 Å². The van der Waals surface area contributed by atoms with Gasteiger partial charge in [-0.3, -0.25) is 4.79 Å². The molecule has 3 N–H and O–H groups in total. The molecular formula is C12H22N2OS. The Morgan fingerprint density at radius 1 is 1.44 bits per heavy atom. The van der Waals surface area contributed by atoms with Crippen LogP contribution in [0.15, 0.2) is 0 Å². The second-order valence-electron chi connectivity index (χ2n) is 5.35. The van der Waals surface area contributed by atoms with Gasteiger partial charge in [-0.15, -0.1) is 0 Å². The SMILES string of the molecule is CCC(C)(C)NC(=O)C1(C(N)=S)CCCC1. The lowest BCUT2D eigenvalue weighted by molar-refractivity contribution is -0.129. The molecule has 0 radical (unpaired) electrons. The summed E-state index contributed by atoms with van der Waals surface area (Å²) in [7, 11) is 0. The Balaban J connectivity index is 2.81. The first-order chi connectivity index (χ1) is 7.34. The summed E-state index contributed by atoms with van der Waals surface area (Å²) < 4.78 is 0. The summed E-state index contributed by atoms with van der Waals surface area (Å²) in [4.78, 5) is 12.7. The van der Waals surface area contributed by atoms with Crippen molar-refractivity contribution < 1.29 is 4.79 Å². The smallest absolute Gasteiger partial charge is 0.233 e. The fourth-order valence-electron chi connectivity index (χ4n) is 2.08. The molecule has 3 nitrogen and oxygen atoms in total. The molecule has 0 aromatic rings. The maximum absolute atomic E-state index is 12.3. The zero-order valence-corrected chi connectivity index (χ0v) is 11.2. The van der Waals surface area contributed by atoms with Crippen LogP contribution in [-0.2, 0) is 4.79 Å². The van der Waals surface area contributed by atoms with E-state index in [1.165, 1.54) is 0 Å². The van der Waals surface area contributed by atoms with Crippen molar-refractivity contribution in [3.8, 4) is 0 Å². The van der Waals surface area contributed by atoms with Crippen LogP contribution in [0.3, 0.4) is 0 Å². The summed E-state index contributed by atoms with van der Waals surface area (Å²) in [6.07, 6.45) is 4.57. The molecular weight excluding hydrogens is 220 g/mol. The Hall–Kier alpha value is -0.640. The van der Waals surface area contributed by atoms with Crippen LogP contribution in [0.4, 0.5) is 0 Å². The molecule has 0 atom stereocenters. The minimum atomic E-state index is -0.582. The van der Waals surface area contributed by atoms with Gasteiger partial charge in [-0.05, 0) is 33.1 Å². The minimum absolute atomic E-state index is 0.0179. The Morgan fingerprint density at radius 2 is 1.94 bits per heavy atom. The van der Waals surface area contributed by atoms with Gasteiger partial charge < -0.3 is 11.1 Å². The van der Waals surface area contributed by atoms with Crippen molar-refractivity contribution >= 4 is 23.1 Å². The van der Waals surface area contributed by atoms with Crippen molar-refractivity contribution in [2.75, 3.05) is 0 Å². The molecule has 16 heavy (non-hydrogen) atoms. The monoisotopic (exact) mass is 242 g/mol. The zero-order valence-electron chi connectivity index (χ0n) is 10.4. The van der Waals surface area contributed by atoms with Crippen LogP contribution in [0.25, 0.3) is 0 Å². The summed E-state index contributed by atoms with van der Waals surface area (Å²) in [5.41, 5.74) is 5.00. The summed E-state index contributed by atoms with van der Waals surface area (Å²) in [6.45, 7) is 6.10. The van der Waals surface area contributed by atoms with Gasteiger partial charge in [-0.2, -0.15) is 0 Å². The fraction of sp³-hybridized carbons (Fsp3) is 0.833. The average molecular weight is 242 g/mol. The second kappa shape index (κ2) is 4.70. The molecule has 0 spiro atoms. The van der Waals surface area contributed by atoms with Crippen LogP contribution in [-0.4, -0.2) is 16.4 Å². The Labute approximate surface area is 103 Å². The third kappa shape index (κ3) is 2.54. The molecule has 1 aliphatic rings. The predicted octanol–water partition coefficient (Wildman–Crippen LogP) is 2.14. The van der Waals surface area contributed by atoms with Gasteiger partial charge in [0, 0.05) is 5.54 Å². The quantitative estimate of drug-likeness (QED) is 0.743. The molecule has 1 saturated carbocycles. The van der Waals surface area contributed by atoms with Gasteiger partial charge in [0.1, 0.15) is 0 Å². The molecule has 0 saturated heterocycles. The Kier molecular flexibility index (Phi) is 3.94. The van der Waals surface area contributed by atoms with E-state index in [4.69, 9.17) is 18.0 Å². The van der Waals surface area contributed by atoms with Crippen molar-refractivity contribution in [2.24, 2.45) is 11.1 Å². The van der Waals surface area contributed by atoms with E-state index in [9.17, 15) is 4.79 Å². The number of nitrogens with one attached hydrogen (secondary N) is 1. The van der Waals surface area contributed by atoms with E-state index in [2.05, 4.69) is 12.2 Å². The maximum atomic E-state index is 12.3. The third-order valence-corrected chi connectivity index (χ3v) is 4.09. The third-order valence-electron chi connectivity index (χ3n) is 3.70. The molecule has 0 aromatic carbocycles. The molecule has 0 bridgehead atoms. The standard InChI is InChI=1S/C12H22N2OS/c1-4-11(2,3)14-10(15)12(9(13)16)7-5-6-8-12/h4-8H2,1-3H3,(H2,13,16)(H,14,15). The molecule has 0 aliphatic heterocycles. The van der Waals surface area contributed by atoms with Gasteiger partial charge in [0.05, 0.1) is 10.4 Å². The lowest BCUT2D eigenvalue weighted by atomic mass is 9.84. The van der Waals surface area contributed by atoms with Crippen molar-refractivity contribution in [1.82, 2.24) is 5.32 Å². The van der Waals surface area contributed by atoms with Crippen LogP contribution >= 0.6 is 12.2 Å². The summed E-state index contributed by atoms with van der Waals surface area (Å²) in [5, 5.41) is 3.06. The van der Waals surface area contributed by atoms with Gasteiger partial charge in [-0.1, -0.05) is 32.0 Å². The van der Waals surface area contributed by atoms with Gasteiger partial charge in [-0.25, -0.2) is 0 Å². The second-order valence-corrected chi connectivity index (χ2v) is 5.78. The van der Waals surface area contributed by atoms with Gasteiger partial charge in [0.25, 0.3) is 0 Å². The fourth-order valence-corrected chi connectivity index (χ4v) is 2.38. The number of carbonyl (C=O) groups is 1. The topological polar surface area (TPSA) is 55.1 Å². The van der Waals surface area contributed by atoms with Crippen molar-refractivity contribution in [1.29, 1.82) is 0 Å². The Bertz CT molecular complexity index is 293. The first-order valence-corrected chi connectivity index (χ1v) is 6.37. The summed E-state index contributed by atoms with van der Waals surface area (Å²) >= 11 is 5.09. The molecule has 4 heteroatoms. The molecule has 0 unspecified atom stereocenters. The highest BCUT2D eigenvalue weighted by molar-refractivity contribution is 7.80. The van der Waals surface area contributed by atoms with E-state index >= 15 is 0 Å².